The van der Waals surface area contributed by atoms with Crippen LogP contribution in [0.15, 0.2) is 52.7 Å². The summed E-state index contributed by atoms with van der Waals surface area (Å²) < 4.78 is 49.9. The van der Waals surface area contributed by atoms with Gasteiger partial charge in [0.05, 0.1) is 5.69 Å². The summed E-state index contributed by atoms with van der Waals surface area (Å²) in [5, 5.41) is 2.90. The maximum absolute atomic E-state index is 15.0. The highest BCUT2D eigenvalue weighted by atomic mass is 19.1. The molecule has 0 atom stereocenters. The first-order valence-electron chi connectivity index (χ1n) is 12.5. The van der Waals surface area contributed by atoms with Gasteiger partial charge < -0.3 is 19.9 Å². The second-order valence-electron chi connectivity index (χ2n) is 9.80. The molecule has 2 aliphatic rings. The quantitative estimate of drug-likeness (QED) is 0.425. The van der Waals surface area contributed by atoms with Crippen molar-refractivity contribution in [3.05, 3.63) is 65.5 Å². The molecule has 4 rings (SSSR count). The lowest BCUT2D eigenvalue weighted by Gasteiger charge is -2.33. The average Bonchev–Trinajstić information content (AvgIpc) is 2.86. The minimum Gasteiger partial charge on any atom is -0.478 e. The van der Waals surface area contributed by atoms with Crippen molar-refractivity contribution in [2.24, 2.45) is 9.98 Å². The summed E-state index contributed by atoms with van der Waals surface area (Å²) in [7, 11) is 3.49. The standard InChI is InChI=1S/C28H32F3N5O2/c1-16(2)36-24-13-19(12-23(31)27(24)38-15-25(36)37)26(17(3)29)34-28(32-4)33-20-6-7-21(22(30)14-20)18-8-10-35(5)11-9-18/h6-7,12-14,16,18H,3,8-11,15H2,1-2,4-5H3,(H,32,33)/b34-26+. The summed E-state index contributed by atoms with van der Waals surface area (Å²) in [5.41, 5.74) is 0.981. The molecule has 0 aliphatic carbocycles. The van der Waals surface area contributed by atoms with Crippen molar-refractivity contribution in [1.82, 2.24) is 4.90 Å². The molecule has 1 saturated heterocycles. The fourth-order valence-electron chi connectivity index (χ4n) is 4.85. The summed E-state index contributed by atoms with van der Waals surface area (Å²) in [6.45, 7) is 8.45. The van der Waals surface area contributed by atoms with E-state index in [0.717, 1.165) is 32.0 Å². The third-order valence-corrected chi connectivity index (χ3v) is 6.78. The van der Waals surface area contributed by atoms with Gasteiger partial charge in [0.25, 0.3) is 5.91 Å². The number of hydrogen-bond acceptors (Lipinski definition) is 4. The number of hydrogen-bond donors (Lipinski definition) is 1. The zero-order chi connectivity index (χ0) is 27.6. The Morgan fingerprint density at radius 1 is 1.16 bits per heavy atom. The van der Waals surface area contributed by atoms with E-state index in [0.29, 0.717) is 11.3 Å². The molecule has 7 nitrogen and oxygen atoms in total. The van der Waals surface area contributed by atoms with Crippen LogP contribution in [0.4, 0.5) is 24.5 Å². The number of fused-ring (bicyclic) bond motifs is 1. The van der Waals surface area contributed by atoms with Crippen LogP contribution in [0.1, 0.15) is 43.7 Å². The van der Waals surface area contributed by atoms with Gasteiger partial charge in [-0.3, -0.25) is 9.79 Å². The van der Waals surface area contributed by atoms with Crippen molar-refractivity contribution in [2.45, 2.75) is 38.6 Å². The van der Waals surface area contributed by atoms with Crippen LogP contribution in [-0.2, 0) is 4.79 Å². The third kappa shape index (κ3) is 5.75. The van der Waals surface area contributed by atoms with Gasteiger partial charge >= 0.3 is 0 Å². The molecule has 2 heterocycles. The number of halogens is 3. The maximum Gasteiger partial charge on any atom is 0.265 e. The largest absolute Gasteiger partial charge is 0.478 e. The fourth-order valence-corrected chi connectivity index (χ4v) is 4.85. The van der Waals surface area contributed by atoms with Gasteiger partial charge in [-0.1, -0.05) is 12.6 Å². The molecule has 10 heteroatoms. The number of carbonyl (C=O) groups excluding carboxylic acids is 1. The van der Waals surface area contributed by atoms with Crippen LogP contribution in [0.25, 0.3) is 0 Å². The van der Waals surface area contributed by atoms with Crippen molar-refractivity contribution in [1.29, 1.82) is 0 Å². The van der Waals surface area contributed by atoms with E-state index in [9.17, 15) is 18.0 Å². The zero-order valence-corrected chi connectivity index (χ0v) is 22.0. The Morgan fingerprint density at radius 3 is 2.47 bits per heavy atom. The highest BCUT2D eigenvalue weighted by molar-refractivity contribution is 6.17. The molecule has 2 aromatic carbocycles. The molecule has 0 bridgehead atoms. The van der Waals surface area contributed by atoms with Crippen LogP contribution in [-0.4, -0.2) is 62.3 Å². The number of piperidine rings is 1. The number of amides is 1. The fraction of sp³-hybridized carbons (Fsp3) is 0.393. The number of rotatable bonds is 5. The van der Waals surface area contributed by atoms with Crippen molar-refractivity contribution in [2.75, 3.05) is 44.0 Å². The van der Waals surface area contributed by atoms with Gasteiger partial charge in [-0.25, -0.2) is 18.2 Å². The van der Waals surface area contributed by atoms with Crippen molar-refractivity contribution in [3.8, 4) is 5.75 Å². The summed E-state index contributed by atoms with van der Waals surface area (Å²) in [4.78, 5) is 24.3. The van der Waals surface area contributed by atoms with E-state index >= 15 is 0 Å². The van der Waals surface area contributed by atoms with Crippen LogP contribution in [0.5, 0.6) is 5.75 Å². The van der Waals surface area contributed by atoms with Gasteiger partial charge in [-0.15, -0.1) is 0 Å². The Bertz CT molecular complexity index is 1300. The second-order valence-corrected chi connectivity index (χ2v) is 9.80. The topological polar surface area (TPSA) is 69.5 Å². The lowest BCUT2D eigenvalue weighted by Crippen LogP contribution is -2.43. The van der Waals surface area contributed by atoms with Crippen molar-refractivity contribution < 1.29 is 22.7 Å². The lowest BCUT2D eigenvalue weighted by molar-refractivity contribution is -0.121. The normalized spacial score (nSPS) is 17.5. The van der Waals surface area contributed by atoms with E-state index in [1.807, 2.05) is 0 Å². The molecule has 2 aliphatic heterocycles. The summed E-state index contributed by atoms with van der Waals surface area (Å²) in [6.07, 6.45) is 1.77. The van der Waals surface area contributed by atoms with Gasteiger partial charge in [0, 0.05) is 24.3 Å². The average molecular weight is 528 g/mol. The number of nitrogens with zero attached hydrogens (tertiary/aromatic N) is 4. The highest BCUT2D eigenvalue weighted by Crippen LogP contribution is 2.37. The van der Waals surface area contributed by atoms with Gasteiger partial charge in [-0.05, 0) is 82.6 Å². The molecule has 38 heavy (non-hydrogen) atoms. The highest BCUT2D eigenvalue weighted by Gasteiger charge is 2.31. The molecule has 2 aromatic rings. The van der Waals surface area contributed by atoms with Gasteiger partial charge in [0.2, 0.25) is 5.96 Å². The predicted octanol–water partition coefficient (Wildman–Crippen LogP) is 5.28. The summed E-state index contributed by atoms with van der Waals surface area (Å²) in [6, 6.07) is 7.05. The Hall–Kier alpha value is -3.66. The van der Waals surface area contributed by atoms with Gasteiger partial charge in [0.1, 0.15) is 17.4 Å². The number of allylic oxidation sites excluding steroid dienone is 1. The molecule has 0 saturated carbocycles. The van der Waals surface area contributed by atoms with Crippen LogP contribution in [0.3, 0.4) is 0 Å². The third-order valence-electron chi connectivity index (χ3n) is 6.78. The SMILES string of the molecule is C=C(F)/C(=N\C(=N/C)Nc1ccc(C2CCN(C)CC2)c(F)c1)c1cc(F)c2c(c1)N(C(C)C)C(=O)CO2. The number of nitrogens with one attached hydrogen (secondary N) is 1. The maximum atomic E-state index is 15.0. The first-order valence-corrected chi connectivity index (χ1v) is 12.5. The minimum atomic E-state index is -0.935. The molecule has 1 N–H and O–H groups in total. The molecule has 0 radical (unpaired) electrons. The number of ether oxygens (including phenoxy) is 1. The van der Waals surface area contributed by atoms with Crippen LogP contribution in [0.2, 0.25) is 0 Å². The molecular weight excluding hydrogens is 495 g/mol. The van der Waals surface area contributed by atoms with Crippen LogP contribution >= 0.6 is 0 Å². The van der Waals surface area contributed by atoms with Crippen molar-refractivity contribution in [3.63, 3.8) is 0 Å². The number of aliphatic imine (C=N–C) groups is 2. The molecule has 202 valence electrons. The Kier molecular flexibility index (Phi) is 8.20. The number of likely N-dealkylation sites (tertiary alicyclic amines) is 1. The van der Waals surface area contributed by atoms with Gasteiger partial charge in [-0.2, -0.15) is 0 Å². The van der Waals surface area contributed by atoms with Gasteiger partial charge in [0.15, 0.2) is 18.2 Å². The van der Waals surface area contributed by atoms with E-state index in [4.69, 9.17) is 4.74 Å². The summed E-state index contributed by atoms with van der Waals surface area (Å²) >= 11 is 0. The number of anilines is 2. The summed E-state index contributed by atoms with van der Waals surface area (Å²) in [5.74, 6) is -2.35. The zero-order valence-electron chi connectivity index (χ0n) is 22.0. The Labute approximate surface area is 220 Å². The van der Waals surface area contributed by atoms with Crippen LogP contribution < -0.4 is 15.0 Å². The molecular formula is C28H32F3N5O2. The second kappa shape index (κ2) is 11.4. The van der Waals surface area contributed by atoms with E-state index in [-0.39, 0.29) is 59.0 Å². The minimum absolute atomic E-state index is 0.0311. The molecule has 0 aromatic heterocycles. The number of carbonyl (C=O) groups is 1. The number of benzene rings is 2. The van der Waals surface area contributed by atoms with E-state index in [2.05, 4.69) is 33.8 Å². The molecule has 0 unspecified atom stereocenters. The van der Waals surface area contributed by atoms with E-state index in [1.54, 1.807) is 26.0 Å². The lowest BCUT2D eigenvalue weighted by atomic mass is 9.89. The molecule has 0 spiro atoms. The number of guanidine groups is 1. The Morgan fingerprint density at radius 2 is 1.87 bits per heavy atom. The smallest absolute Gasteiger partial charge is 0.265 e. The first-order chi connectivity index (χ1) is 18.1. The molecule has 1 fully saturated rings. The van der Waals surface area contributed by atoms with Crippen LogP contribution in [0, 0.1) is 11.6 Å². The molecule has 1 amide bonds. The van der Waals surface area contributed by atoms with E-state index < -0.39 is 11.6 Å². The van der Waals surface area contributed by atoms with E-state index in [1.165, 1.54) is 24.1 Å². The predicted molar refractivity (Wildman–Crippen MR) is 144 cm³/mol. The van der Waals surface area contributed by atoms with Crippen molar-refractivity contribution >= 4 is 29.0 Å². The Balaban J connectivity index is 1.63. The monoisotopic (exact) mass is 527 g/mol. The first kappa shape index (κ1) is 27.4.